The summed E-state index contributed by atoms with van der Waals surface area (Å²) >= 11 is 9.09. The van der Waals surface area contributed by atoms with Crippen molar-refractivity contribution in [1.29, 1.82) is 0 Å². The van der Waals surface area contributed by atoms with Crippen molar-refractivity contribution >= 4 is 38.9 Å². The summed E-state index contributed by atoms with van der Waals surface area (Å²) in [7, 11) is 0. The number of nitro benzene ring substituents is 1. The van der Waals surface area contributed by atoms with E-state index >= 15 is 0 Å². The normalized spacial score (nSPS) is 10.3. The molecule has 2 aromatic carbocycles. The molecule has 4 nitrogen and oxygen atoms in total. The first-order valence-electron chi connectivity index (χ1n) is 5.59. The summed E-state index contributed by atoms with van der Waals surface area (Å²) in [6.07, 6.45) is 0. The second-order valence-corrected chi connectivity index (χ2v) is 5.27. The van der Waals surface area contributed by atoms with Crippen molar-refractivity contribution in [2.45, 2.75) is 6.54 Å². The molecule has 0 unspecified atom stereocenters. The Morgan fingerprint density at radius 1 is 1.30 bits per heavy atom. The molecule has 1 N–H and O–H groups in total. The molecule has 2 rings (SSSR count). The first kappa shape index (κ1) is 14.7. The Labute approximate surface area is 127 Å². The van der Waals surface area contributed by atoms with Gasteiger partial charge in [-0.25, -0.2) is 4.39 Å². The highest BCUT2D eigenvalue weighted by Gasteiger charge is 2.12. The molecular formula is C13H9BrClFN2O2. The zero-order valence-electron chi connectivity index (χ0n) is 10.1. The number of benzene rings is 2. The summed E-state index contributed by atoms with van der Waals surface area (Å²) in [5.74, 6) is -0.320. The van der Waals surface area contributed by atoms with Gasteiger partial charge in [-0.05, 0) is 29.8 Å². The topological polar surface area (TPSA) is 55.2 Å². The largest absolute Gasteiger partial charge is 0.381 e. The van der Waals surface area contributed by atoms with Crippen LogP contribution in [0.5, 0.6) is 0 Å². The maximum absolute atomic E-state index is 13.0. The van der Waals surface area contributed by atoms with Crippen molar-refractivity contribution in [3.63, 3.8) is 0 Å². The van der Waals surface area contributed by atoms with Crippen LogP contribution in [0.3, 0.4) is 0 Å². The van der Waals surface area contributed by atoms with Crippen LogP contribution in [0.4, 0.5) is 15.8 Å². The van der Waals surface area contributed by atoms with Gasteiger partial charge in [0.1, 0.15) is 10.8 Å². The summed E-state index contributed by atoms with van der Waals surface area (Å²) in [5.41, 5.74) is 1.37. The molecule has 0 fully saturated rings. The predicted octanol–water partition coefficient (Wildman–Crippen LogP) is 4.76. The van der Waals surface area contributed by atoms with Crippen molar-refractivity contribution in [1.82, 2.24) is 0 Å². The zero-order chi connectivity index (χ0) is 14.7. The molecule has 0 aromatic heterocycles. The number of halogens is 3. The monoisotopic (exact) mass is 358 g/mol. The van der Waals surface area contributed by atoms with E-state index in [0.717, 1.165) is 5.56 Å². The van der Waals surface area contributed by atoms with Crippen LogP contribution in [-0.4, -0.2) is 4.92 Å². The van der Waals surface area contributed by atoms with Crippen LogP contribution in [0.15, 0.2) is 40.9 Å². The summed E-state index contributed by atoms with van der Waals surface area (Å²) in [6.45, 7) is 0.439. The smallest absolute Gasteiger partial charge is 0.288 e. The molecule has 0 amide bonds. The second-order valence-electron chi connectivity index (χ2n) is 4.01. The van der Waals surface area contributed by atoms with E-state index in [2.05, 4.69) is 21.2 Å². The van der Waals surface area contributed by atoms with Crippen molar-refractivity contribution in [2.24, 2.45) is 0 Å². The number of nitrogens with zero attached hydrogens (tertiary/aromatic N) is 1. The number of anilines is 1. The Hall–Kier alpha value is -1.66. The summed E-state index contributed by atoms with van der Waals surface area (Å²) < 4.78 is 13.6. The molecule has 0 saturated heterocycles. The number of hydrogen-bond acceptors (Lipinski definition) is 3. The van der Waals surface area contributed by atoms with Crippen LogP contribution in [0.1, 0.15) is 5.56 Å². The molecule has 0 aliphatic rings. The summed E-state index contributed by atoms with van der Waals surface area (Å²) in [5, 5.41) is 13.8. The minimum atomic E-state index is -0.539. The van der Waals surface area contributed by atoms with Crippen LogP contribution in [0, 0.1) is 15.9 Å². The molecule has 0 radical (unpaired) electrons. The van der Waals surface area contributed by atoms with Crippen molar-refractivity contribution in [3.05, 3.63) is 67.4 Å². The molecule has 104 valence electrons. The van der Waals surface area contributed by atoms with Gasteiger partial charge in [-0.1, -0.05) is 33.6 Å². The van der Waals surface area contributed by atoms with E-state index in [1.165, 1.54) is 24.3 Å². The molecule has 0 heterocycles. The predicted molar refractivity (Wildman–Crippen MR) is 79.5 cm³/mol. The second kappa shape index (κ2) is 6.19. The third kappa shape index (κ3) is 3.46. The first-order valence-corrected chi connectivity index (χ1v) is 6.76. The average Bonchev–Trinajstić information content (AvgIpc) is 2.37. The highest BCUT2D eigenvalue weighted by Crippen LogP contribution is 2.28. The molecule has 0 aliphatic heterocycles. The van der Waals surface area contributed by atoms with Crippen molar-refractivity contribution in [3.8, 4) is 0 Å². The van der Waals surface area contributed by atoms with Crippen LogP contribution >= 0.6 is 27.5 Å². The van der Waals surface area contributed by atoms with Gasteiger partial charge in [0.05, 0.1) is 4.92 Å². The van der Waals surface area contributed by atoms with E-state index in [0.29, 0.717) is 16.7 Å². The van der Waals surface area contributed by atoms with E-state index < -0.39 is 4.92 Å². The van der Waals surface area contributed by atoms with Gasteiger partial charge in [0.15, 0.2) is 0 Å². The van der Waals surface area contributed by atoms with Gasteiger partial charge in [-0.2, -0.15) is 0 Å². The lowest BCUT2D eigenvalue weighted by atomic mass is 10.2. The van der Waals surface area contributed by atoms with Gasteiger partial charge in [0, 0.05) is 22.8 Å². The van der Waals surface area contributed by atoms with Crippen LogP contribution in [0.2, 0.25) is 5.02 Å². The van der Waals surface area contributed by atoms with Crippen LogP contribution in [-0.2, 0) is 6.54 Å². The minimum Gasteiger partial charge on any atom is -0.381 e. The Bertz CT molecular complexity index is 667. The Morgan fingerprint density at radius 2 is 2.05 bits per heavy atom. The number of nitrogens with one attached hydrogen (secondary N) is 1. The fraction of sp³-hybridized carbons (Fsp3) is 0.0769. The van der Waals surface area contributed by atoms with E-state index in [-0.39, 0.29) is 16.5 Å². The third-order valence-corrected chi connectivity index (χ3v) is 3.68. The molecule has 0 atom stereocenters. The van der Waals surface area contributed by atoms with Crippen molar-refractivity contribution in [2.75, 3.05) is 5.32 Å². The lowest BCUT2D eigenvalue weighted by Crippen LogP contribution is -2.01. The zero-order valence-corrected chi connectivity index (χ0v) is 12.4. The highest BCUT2D eigenvalue weighted by atomic mass is 79.9. The molecule has 0 saturated carbocycles. The maximum atomic E-state index is 13.0. The van der Waals surface area contributed by atoms with Crippen LogP contribution < -0.4 is 5.32 Å². The molecule has 2 aromatic rings. The van der Waals surface area contributed by atoms with Gasteiger partial charge < -0.3 is 5.32 Å². The molecule has 0 bridgehead atoms. The molecule has 0 aliphatic carbocycles. The minimum absolute atomic E-state index is 0.0678. The Kier molecular flexibility index (Phi) is 4.57. The number of hydrogen-bond donors (Lipinski definition) is 1. The molecule has 20 heavy (non-hydrogen) atoms. The molecule has 0 spiro atoms. The van der Waals surface area contributed by atoms with Gasteiger partial charge in [-0.15, -0.1) is 0 Å². The van der Waals surface area contributed by atoms with E-state index in [1.54, 1.807) is 12.1 Å². The van der Waals surface area contributed by atoms with Crippen molar-refractivity contribution < 1.29 is 9.31 Å². The SMILES string of the molecule is O=[N+]([O-])c1ccc(NCc2ccc(F)cc2Br)cc1Cl. The third-order valence-electron chi connectivity index (χ3n) is 2.64. The van der Waals surface area contributed by atoms with E-state index in [1.807, 2.05) is 0 Å². The fourth-order valence-electron chi connectivity index (χ4n) is 1.63. The lowest BCUT2D eigenvalue weighted by Gasteiger charge is -2.08. The Balaban J connectivity index is 2.11. The van der Waals surface area contributed by atoms with E-state index in [4.69, 9.17) is 11.6 Å². The number of rotatable bonds is 4. The van der Waals surface area contributed by atoms with Gasteiger partial charge in [0.2, 0.25) is 0 Å². The van der Waals surface area contributed by atoms with Gasteiger partial charge in [0.25, 0.3) is 5.69 Å². The standard InChI is InChI=1S/C13H9BrClFN2O2/c14-11-5-9(16)2-1-8(11)7-17-10-3-4-13(18(19)20)12(15)6-10/h1-6,17H,7H2. The fourth-order valence-corrected chi connectivity index (χ4v) is 2.37. The van der Waals surface area contributed by atoms with Gasteiger partial charge >= 0.3 is 0 Å². The highest BCUT2D eigenvalue weighted by molar-refractivity contribution is 9.10. The number of nitro groups is 1. The van der Waals surface area contributed by atoms with Crippen LogP contribution in [0.25, 0.3) is 0 Å². The summed E-state index contributed by atoms with van der Waals surface area (Å²) in [6, 6.07) is 8.78. The average molecular weight is 360 g/mol. The lowest BCUT2D eigenvalue weighted by molar-refractivity contribution is -0.384. The maximum Gasteiger partial charge on any atom is 0.288 e. The molecular weight excluding hydrogens is 351 g/mol. The summed E-state index contributed by atoms with van der Waals surface area (Å²) in [4.78, 5) is 10.1. The van der Waals surface area contributed by atoms with E-state index in [9.17, 15) is 14.5 Å². The Morgan fingerprint density at radius 3 is 2.65 bits per heavy atom. The van der Waals surface area contributed by atoms with Gasteiger partial charge in [-0.3, -0.25) is 10.1 Å². The first-order chi connectivity index (χ1) is 9.47. The molecule has 7 heteroatoms. The quantitative estimate of drug-likeness (QED) is 0.632.